The largest absolute Gasteiger partial charge is 0.466 e. The number of halogens is 2. The summed E-state index contributed by atoms with van der Waals surface area (Å²) >= 11 is 12.3. The molecule has 2 aromatic carbocycles. The van der Waals surface area contributed by atoms with Gasteiger partial charge in [0.1, 0.15) is 0 Å². The smallest absolute Gasteiger partial charge is 0.306 e. The van der Waals surface area contributed by atoms with Crippen LogP contribution in [-0.4, -0.2) is 58.8 Å². The first-order valence-electron chi connectivity index (χ1n) is 13.0. The number of nitrogens with zero attached hydrogens (tertiary/aromatic N) is 2. The van der Waals surface area contributed by atoms with Crippen LogP contribution in [0.4, 0.5) is 0 Å². The fourth-order valence-corrected chi connectivity index (χ4v) is 4.57. The Bertz CT molecular complexity index is 1240. The van der Waals surface area contributed by atoms with Crippen molar-refractivity contribution in [1.82, 2.24) is 14.8 Å². The van der Waals surface area contributed by atoms with Crippen LogP contribution in [0.1, 0.15) is 50.7 Å². The maximum Gasteiger partial charge on any atom is 0.306 e. The molecule has 0 bridgehead atoms. The van der Waals surface area contributed by atoms with Gasteiger partial charge < -0.3 is 19.5 Å². The third kappa shape index (κ3) is 8.50. The van der Waals surface area contributed by atoms with E-state index < -0.39 is 5.97 Å². The lowest BCUT2D eigenvalue weighted by Crippen LogP contribution is -2.43. The second-order valence-corrected chi connectivity index (χ2v) is 9.96. The summed E-state index contributed by atoms with van der Waals surface area (Å²) in [5.41, 5.74) is 3.00. The molecule has 0 aliphatic heterocycles. The number of rotatable bonds is 14. The number of amides is 2. The second-order valence-electron chi connectivity index (χ2n) is 9.15. The zero-order valence-electron chi connectivity index (χ0n) is 22.0. The van der Waals surface area contributed by atoms with Gasteiger partial charge in [0.25, 0.3) is 0 Å². The molecule has 1 N–H and O–H groups in total. The molecule has 0 atom stereocenters. The summed E-state index contributed by atoms with van der Waals surface area (Å²) in [5.74, 6) is -0.815. The quantitative estimate of drug-likeness (QED) is 0.245. The number of nitrogens with one attached hydrogen (secondary N) is 1. The third-order valence-electron chi connectivity index (χ3n) is 6.34. The summed E-state index contributed by atoms with van der Waals surface area (Å²) in [5, 5.41) is 1.99. The number of carbonyl (C=O) groups is 3. The van der Waals surface area contributed by atoms with Crippen molar-refractivity contribution < 1.29 is 19.1 Å². The predicted molar refractivity (Wildman–Crippen MR) is 151 cm³/mol. The van der Waals surface area contributed by atoms with Gasteiger partial charge >= 0.3 is 5.97 Å². The number of fused-ring (bicyclic) bond motifs is 1. The number of unbranched alkanes of at least 4 members (excludes halogenated alkanes) is 1. The van der Waals surface area contributed by atoms with Crippen LogP contribution < -0.4 is 0 Å². The molecule has 1 aromatic heterocycles. The summed E-state index contributed by atoms with van der Waals surface area (Å²) < 4.78 is 4.95. The van der Waals surface area contributed by atoms with Gasteiger partial charge in [0.05, 0.1) is 29.6 Å². The normalized spacial score (nSPS) is 10.9. The van der Waals surface area contributed by atoms with E-state index in [9.17, 15) is 14.4 Å². The summed E-state index contributed by atoms with van der Waals surface area (Å²) in [6.07, 6.45) is 4.26. The molecule has 0 aliphatic carbocycles. The van der Waals surface area contributed by atoms with Crippen molar-refractivity contribution in [3.05, 3.63) is 69.8 Å². The average Bonchev–Trinajstić information content (AvgIpc) is 3.32. The topological polar surface area (TPSA) is 82.7 Å². The van der Waals surface area contributed by atoms with Crippen LogP contribution >= 0.6 is 23.2 Å². The van der Waals surface area contributed by atoms with Crippen molar-refractivity contribution in [2.75, 3.05) is 26.2 Å². The maximum atomic E-state index is 13.6. The zero-order chi connectivity index (χ0) is 27.5. The Hall–Kier alpha value is -3.03. The Kier molecular flexibility index (Phi) is 11.5. The lowest BCUT2D eigenvalue weighted by atomic mass is 10.1. The number of aromatic nitrogens is 1. The molecular formula is C29H35Cl2N3O4. The van der Waals surface area contributed by atoms with Crippen molar-refractivity contribution in [1.29, 1.82) is 0 Å². The Morgan fingerprint density at radius 2 is 1.71 bits per heavy atom. The molecule has 0 aliphatic rings. The van der Waals surface area contributed by atoms with Gasteiger partial charge in [0, 0.05) is 43.2 Å². The number of hydrogen-bond acceptors (Lipinski definition) is 4. The minimum atomic E-state index is -0.414. The number of H-pyrrole nitrogens is 1. The lowest BCUT2D eigenvalue weighted by molar-refractivity contribution is -0.146. The number of para-hydroxylation sites is 1. The van der Waals surface area contributed by atoms with Crippen LogP contribution in [0.2, 0.25) is 10.0 Å². The number of ether oxygens (including phenoxy) is 1. The molecule has 204 valence electrons. The van der Waals surface area contributed by atoms with Crippen LogP contribution in [0.25, 0.3) is 10.9 Å². The molecular weight excluding hydrogens is 525 g/mol. The van der Waals surface area contributed by atoms with E-state index in [-0.39, 0.29) is 37.8 Å². The molecule has 0 radical (unpaired) electrons. The fourth-order valence-electron chi connectivity index (χ4n) is 4.25. The van der Waals surface area contributed by atoms with Crippen molar-refractivity contribution in [2.45, 2.75) is 52.5 Å². The van der Waals surface area contributed by atoms with E-state index in [1.54, 1.807) is 28.9 Å². The zero-order valence-corrected chi connectivity index (χ0v) is 23.5. The van der Waals surface area contributed by atoms with E-state index in [0.29, 0.717) is 36.1 Å². The van der Waals surface area contributed by atoms with E-state index in [1.807, 2.05) is 37.4 Å². The minimum absolute atomic E-state index is 0.00294. The van der Waals surface area contributed by atoms with Gasteiger partial charge in [0.2, 0.25) is 11.8 Å². The molecule has 38 heavy (non-hydrogen) atoms. The van der Waals surface area contributed by atoms with E-state index in [2.05, 4.69) is 11.1 Å². The highest BCUT2D eigenvalue weighted by Gasteiger charge is 2.22. The van der Waals surface area contributed by atoms with E-state index in [0.717, 1.165) is 34.9 Å². The van der Waals surface area contributed by atoms with E-state index >= 15 is 0 Å². The van der Waals surface area contributed by atoms with Crippen LogP contribution in [0.3, 0.4) is 0 Å². The number of esters is 1. The van der Waals surface area contributed by atoms with Crippen molar-refractivity contribution in [2.24, 2.45) is 0 Å². The van der Waals surface area contributed by atoms with Crippen LogP contribution in [-0.2, 0) is 32.1 Å². The molecule has 0 saturated carbocycles. The molecule has 3 rings (SSSR count). The highest BCUT2D eigenvalue weighted by molar-refractivity contribution is 6.42. The third-order valence-corrected chi connectivity index (χ3v) is 7.08. The standard InChI is InChI=1S/C29H35Cl2N3O4/c1-3-5-15-33(27(35)12-13-29(37)38-4-2)20-28(36)34(19-21-10-11-24(30)25(31)17-21)16-14-22-18-32-26-9-7-6-8-23(22)26/h6-11,17-18,32H,3-5,12-16,19-20H2,1-2H3. The molecule has 7 nitrogen and oxygen atoms in total. The van der Waals surface area contributed by atoms with Crippen LogP contribution in [0.5, 0.6) is 0 Å². The van der Waals surface area contributed by atoms with E-state index in [1.165, 1.54) is 0 Å². The SMILES string of the molecule is CCCCN(CC(=O)N(CCc1c[nH]c2ccccc12)Cc1ccc(Cl)c(Cl)c1)C(=O)CCC(=O)OCC. The average molecular weight is 561 g/mol. The van der Waals surface area contributed by atoms with Crippen molar-refractivity contribution in [3.8, 4) is 0 Å². The number of benzene rings is 2. The Morgan fingerprint density at radius 1 is 0.921 bits per heavy atom. The molecule has 0 spiro atoms. The highest BCUT2D eigenvalue weighted by Crippen LogP contribution is 2.24. The Morgan fingerprint density at radius 3 is 2.45 bits per heavy atom. The van der Waals surface area contributed by atoms with Gasteiger partial charge in [-0.25, -0.2) is 0 Å². The molecule has 9 heteroatoms. The van der Waals surface area contributed by atoms with E-state index in [4.69, 9.17) is 27.9 Å². The molecule has 0 unspecified atom stereocenters. The summed E-state index contributed by atoms with van der Waals surface area (Å²) in [4.78, 5) is 44.9. The first kappa shape index (κ1) is 29.5. The van der Waals surface area contributed by atoms with Gasteiger partial charge in [-0.15, -0.1) is 0 Å². The van der Waals surface area contributed by atoms with Crippen molar-refractivity contribution in [3.63, 3.8) is 0 Å². The number of hydrogen-bond donors (Lipinski definition) is 1. The monoisotopic (exact) mass is 559 g/mol. The number of aromatic amines is 1. The van der Waals surface area contributed by atoms with Gasteiger partial charge in [0.15, 0.2) is 0 Å². The molecule has 0 fully saturated rings. The Labute approximate surface area is 234 Å². The maximum absolute atomic E-state index is 13.6. The Balaban J connectivity index is 1.76. The fraction of sp³-hybridized carbons (Fsp3) is 0.414. The first-order chi connectivity index (χ1) is 18.3. The van der Waals surface area contributed by atoms with Gasteiger partial charge in [-0.2, -0.15) is 0 Å². The molecule has 3 aromatic rings. The van der Waals surface area contributed by atoms with Gasteiger partial charge in [-0.05, 0) is 49.1 Å². The van der Waals surface area contributed by atoms with Crippen LogP contribution in [0.15, 0.2) is 48.7 Å². The second kappa shape index (κ2) is 14.8. The highest BCUT2D eigenvalue weighted by atomic mass is 35.5. The molecule has 1 heterocycles. The first-order valence-corrected chi connectivity index (χ1v) is 13.8. The molecule has 0 saturated heterocycles. The number of carbonyl (C=O) groups excluding carboxylic acids is 3. The van der Waals surface area contributed by atoms with Crippen LogP contribution in [0, 0.1) is 0 Å². The van der Waals surface area contributed by atoms with Gasteiger partial charge in [-0.1, -0.05) is 60.8 Å². The molecule has 2 amide bonds. The van der Waals surface area contributed by atoms with Crippen molar-refractivity contribution >= 4 is 51.9 Å². The minimum Gasteiger partial charge on any atom is -0.466 e. The summed E-state index contributed by atoms with van der Waals surface area (Å²) in [7, 11) is 0. The predicted octanol–water partition coefficient (Wildman–Crippen LogP) is 6.02. The lowest BCUT2D eigenvalue weighted by Gasteiger charge is -2.28. The summed E-state index contributed by atoms with van der Waals surface area (Å²) in [6.45, 7) is 5.21. The summed E-state index contributed by atoms with van der Waals surface area (Å²) in [6, 6.07) is 13.4. The van der Waals surface area contributed by atoms with Gasteiger partial charge in [-0.3, -0.25) is 14.4 Å².